The Labute approximate surface area is 157 Å². The minimum atomic E-state index is 0. The molecule has 136 valence electrons. The molecule has 0 radical (unpaired) electrons. The molecule has 1 unspecified atom stereocenters. The van der Waals surface area contributed by atoms with Gasteiger partial charge in [-0.15, -0.1) is 24.8 Å². The van der Waals surface area contributed by atoms with Gasteiger partial charge in [0.15, 0.2) is 0 Å². The quantitative estimate of drug-likeness (QED) is 0.884. The molecule has 0 aromatic heterocycles. The summed E-state index contributed by atoms with van der Waals surface area (Å²) in [6.45, 7) is 8.99. The molecule has 2 aliphatic heterocycles. The van der Waals surface area contributed by atoms with Crippen LogP contribution in [-0.2, 0) is 4.79 Å². The molecule has 2 aliphatic rings. The summed E-state index contributed by atoms with van der Waals surface area (Å²) in [6.07, 6.45) is 3.02. The first-order valence-corrected chi connectivity index (χ1v) is 8.47. The van der Waals surface area contributed by atoms with Crippen molar-refractivity contribution in [2.45, 2.75) is 39.2 Å². The van der Waals surface area contributed by atoms with Crippen LogP contribution in [0, 0.1) is 13.8 Å². The van der Waals surface area contributed by atoms with Crippen LogP contribution in [0.1, 0.15) is 30.4 Å². The largest absolute Gasteiger partial charge is 0.368 e. The molecule has 1 aromatic carbocycles. The van der Waals surface area contributed by atoms with Crippen molar-refractivity contribution in [1.29, 1.82) is 0 Å². The topological polar surface area (TPSA) is 35.6 Å². The highest BCUT2D eigenvalue weighted by atomic mass is 35.5. The van der Waals surface area contributed by atoms with Crippen molar-refractivity contribution in [3.8, 4) is 0 Å². The van der Waals surface area contributed by atoms with E-state index in [1.165, 1.54) is 23.2 Å². The summed E-state index contributed by atoms with van der Waals surface area (Å²) in [6, 6.07) is 6.89. The number of anilines is 1. The molecule has 24 heavy (non-hydrogen) atoms. The molecule has 2 heterocycles. The summed E-state index contributed by atoms with van der Waals surface area (Å²) in [7, 11) is 0. The van der Waals surface area contributed by atoms with Crippen molar-refractivity contribution in [2.24, 2.45) is 0 Å². The smallest absolute Gasteiger partial charge is 0.224 e. The lowest BCUT2D eigenvalue weighted by molar-refractivity contribution is -0.131. The standard InChI is InChI=1S/C18H27N3O.2ClH/c1-14-5-3-7-17(15(14)2)20-9-11-21(12-10-20)18(22)13-16-6-4-8-19-16;;/h3,5,7,16,19H,4,6,8-13H2,1-2H3;2*1H. The highest BCUT2D eigenvalue weighted by Gasteiger charge is 2.25. The summed E-state index contributed by atoms with van der Waals surface area (Å²) in [5, 5.41) is 3.42. The molecule has 0 spiro atoms. The zero-order valence-electron chi connectivity index (χ0n) is 14.6. The van der Waals surface area contributed by atoms with Crippen LogP contribution in [0.4, 0.5) is 5.69 Å². The Balaban J connectivity index is 0.00000144. The minimum Gasteiger partial charge on any atom is -0.368 e. The summed E-state index contributed by atoms with van der Waals surface area (Å²) >= 11 is 0. The van der Waals surface area contributed by atoms with Gasteiger partial charge in [-0.05, 0) is 50.4 Å². The van der Waals surface area contributed by atoms with Crippen LogP contribution in [0.15, 0.2) is 18.2 Å². The fraction of sp³-hybridized carbons (Fsp3) is 0.611. The van der Waals surface area contributed by atoms with E-state index in [0.717, 1.165) is 39.1 Å². The third kappa shape index (κ3) is 4.78. The number of nitrogens with zero attached hydrogens (tertiary/aromatic N) is 2. The van der Waals surface area contributed by atoms with Gasteiger partial charge in [-0.1, -0.05) is 12.1 Å². The third-order valence-corrected chi connectivity index (χ3v) is 5.13. The number of hydrogen-bond donors (Lipinski definition) is 1. The van der Waals surface area contributed by atoms with Gasteiger partial charge >= 0.3 is 0 Å². The van der Waals surface area contributed by atoms with Crippen LogP contribution < -0.4 is 10.2 Å². The van der Waals surface area contributed by atoms with E-state index in [9.17, 15) is 4.79 Å². The van der Waals surface area contributed by atoms with Gasteiger partial charge in [0.05, 0.1) is 0 Å². The molecule has 2 saturated heterocycles. The zero-order chi connectivity index (χ0) is 15.5. The fourth-order valence-electron chi connectivity index (χ4n) is 3.55. The van der Waals surface area contributed by atoms with Gasteiger partial charge < -0.3 is 15.1 Å². The molecular weight excluding hydrogens is 345 g/mol. The maximum atomic E-state index is 12.4. The first-order valence-electron chi connectivity index (χ1n) is 8.47. The molecule has 4 nitrogen and oxygen atoms in total. The summed E-state index contributed by atoms with van der Waals surface area (Å²) < 4.78 is 0. The number of halogens is 2. The third-order valence-electron chi connectivity index (χ3n) is 5.13. The average molecular weight is 374 g/mol. The van der Waals surface area contributed by atoms with Gasteiger partial charge in [-0.25, -0.2) is 0 Å². The van der Waals surface area contributed by atoms with Crippen LogP contribution in [0.5, 0.6) is 0 Å². The van der Waals surface area contributed by atoms with E-state index in [0.29, 0.717) is 18.4 Å². The first kappa shape index (κ1) is 21.1. The molecule has 0 bridgehead atoms. The highest BCUT2D eigenvalue weighted by molar-refractivity contribution is 5.85. The second-order valence-electron chi connectivity index (χ2n) is 6.58. The number of piperazine rings is 1. The van der Waals surface area contributed by atoms with Crippen molar-refractivity contribution < 1.29 is 4.79 Å². The number of rotatable bonds is 3. The lowest BCUT2D eigenvalue weighted by atomic mass is 10.1. The van der Waals surface area contributed by atoms with Gasteiger partial charge in [-0.2, -0.15) is 0 Å². The molecule has 1 N–H and O–H groups in total. The average Bonchev–Trinajstić information content (AvgIpc) is 3.03. The fourth-order valence-corrected chi connectivity index (χ4v) is 3.55. The number of benzene rings is 1. The van der Waals surface area contributed by atoms with E-state index >= 15 is 0 Å². The zero-order valence-corrected chi connectivity index (χ0v) is 16.2. The molecule has 1 atom stereocenters. The molecular formula is C18H29Cl2N3O. The SMILES string of the molecule is Cc1cccc(N2CCN(C(=O)CC3CCCN3)CC2)c1C.Cl.Cl. The Hall–Kier alpha value is -0.970. The van der Waals surface area contributed by atoms with E-state index < -0.39 is 0 Å². The number of aryl methyl sites for hydroxylation is 1. The van der Waals surface area contributed by atoms with E-state index in [1.54, 1.807) is 0 Å². The van der Waals surface area contributed by atoms with Crippen molar-refractivity contribution >= 4 is 36.4 Å². The van der Waals surface area contributed by atoms with Crippen molar-refractivity contribution in [1.82, 2.24) is 10.2 Å². The molecule has 0 saturated carbocycles. The Bertz CT molecular complexity index is 539. The minimum absolute atomic E-state index is 0. The summed E-state index contributed by atoms with van der Waals surface area (Å²) in [5.41, 5.74) is 4.02. The van der Waals surface area contributed by atoms with E-state index in [4.69, 9.17) is 0 Å². The second-order valence-corrected chi connectivity index (χ2v) is 6.58. The van der Waals surface area contributed by atoms with Crippen LogP contribution in [0.3, 0.4) is 0 Å². The number of carbonyl (C=O) groups excluding carboxylic acids is 1. The Morgan fingerprint density at radius 3 is 2.50 bits per heavy atom. The van der Waals surface area contributed by atoms with Gasteiger partial charge in [0, 0.05) is 44.3 Å². The van der Waals surface area contributed by atoms with Crippen LogP contribution in [0.2, 0.25) is 0 Å². The molecule has 1 aromatic rings. The lowest BCUT2D eigenvalue weighted by Gasteiger charge is -2.37. The van der Waals surface area contributed by atoms with Gasteiger partial charge in [0.25, 0.3) is 0 Å². The van der Waals surface area contributed by atoms with E-state index in [1.807, 2.05) is 4.90 Å². The van der Waals surface area contributed by atoms with E-state index in [2.05, 4.69) is 42.3 Å². The van der Waals surface area contributed by atoms with E-state index in [-0.39, 0.29) is 24.8 Å². The Morgan fingerprint density at radius 1 is 1.17 bits per heavy atom. The van der Waals surface area contributed by atoms with Crippen LogP contribution in [-0.4, -0.2) is 49.6 Å². The van der Waals surface area contributed by atoms with Gasteiger partial charge in [-0.3, -0.25) is 4.79 Å². The molecule has 6 heteroatoms. The number of carbonyl (C=O) groups is 1. The molecule has 1 amide bonds. The second kappa shape index (κ2) is 9.50. The highest BCUT2D eigenvalue weighted by Crippen LogP contribution is 2.24. The summed E-state index contributed by atoms with van der Waals surface area (Å²) in [4.78, 5) is 16.8. The monoisotopic (exact) mass is 373 g/mol. The predicted molar refractivity (Wildman–Crippen MR) is 105 cm³/mol. The van der Waals surface area contributed by atoms with Crippen LogP contribution in [0.25, 0.3) is 0 Å². The van der Waals surface area contributed by atoms with Crippen LogP contribution >= 0.6 is 24.8 Å². The predicted octanol–water partition coefficient (Wildman–Crippen LogP) is 2.94. The number of amides is 1. The van der Waals surface area contributed by atoms with Gasteiger partial charge in [0.1, 0.15) is 0 Å². The molecule has 0 aliphatic carbocycles. The molecule has 3 rings (SSSR count). The Kier molecular flexibility index (Phi) is 8.34. The first-order chi connectivity index (χ1) is 10.6. The Morgan fingerprint density at radius 2 is 1.88 bits per heavy atom. The normalized spacial score (nSPS) is 20.3. The van der Waals surface area contributed by atoms with Gasteiger partial charge in [0.2, 0.25) is 5.91 Å². The maximum Gasteiger partial charge on any atom is 0.224 e. The summed E-state index contributed by atoms with van der Waals surface area (Å²) in [5.74, 6) is 0.319. The number of hydrogen-bond acceptors (Lipinski definition) is 3. The van der Waals surface area contributed by atoms with Crippen molar-refractivity contribution in [2.75, 3.05) is 37.6 Å². The molecule has 2 fully saturated rings. The van der Waals surface area contributed by atoms with Crippen molar-refractivity contribution in [3.05, 3.63) is 29.3 Å². The maximum absolute atomic E-state index is 12.4. The number of nitrogens with one attached hydrogen (secondary N) is 1. The van der Waals surface area contributed by atoms with Crippen molar-refractivity contribution in [3.63, 3.8) is 0 Å². The lowest BCUT2D eigenvalue weighted by Crippen LogP contribution is -2.49.